The Balaban J connectivity index is 1.89. The Morgan fingerprint density at radius 1 is 1.05 bits per heavy atom. The highest BCUT2D eigenvalue weighted by molar-refractivity contribution is 5.74. The Morgan fingerprint density at radius 2 is 1.85 bits per heavy atom. The zero-order valence-corrected chi connectivity index (χ0v) is 10.8. The molecule has 0 amide bonds. The van der Waals surface area contributed by atoms with E-state index in [4.69, 9.17) is 5.73 Å². The molecule has 0 aliphatic rings. The zero-order valence-electron chi connectivity index (χ0n) is 10.8. The van der Waals surface area contributed by atoms with Crippen LogP contribution in [-0.2, 0) is 6.42 Å². The average Bonchev–Trinajstić information content (AvgIpc) is 2.49. The van der Waals surface area contributed by atoms with Crippen LogP contribution in [0.1, 0.15) is 17.2 Å². The summed E-state index contributed by atoms with van der Waals surface area (Å²) in [4.78, 5) is 12.5. The number of aliphatic hydroxyl groups is 1. The zero-order chi connectivity index (χ0) is 13.9. The van der Waals surface area contributed by atoms with Crippen LogP contribution in [0.15, 0.2) is 49.1 Å². The molecule has 100 valence electrons. The fraction of sp³-hybridized carbons (Fsp3) is 0.133. The van der Waals surface area contributed by atoms with Crippen molar-refractivity contribution in [2.45, 2.75) is 12.5 Å². The second-order valence-corrected chi connectivity index (χ2v) is 4.60. The Kier molecular flexibility index (Phi) is 3.26. The topological polar surface area (TPSA) is 84.9 Å². The molecule has 0 radical (unpaired) electrons. The van der Waals surface area contributed by atoms with Crippen molar-refractivity contribution in [1.29, 1.82) is 0 Å². The molecular weight excluding hydrogens is 252 g/mol. The van der Waals surface area contributed by atoms with E-state index < -0.39 is 6.10 Å². The number of anilines is 1. The molecule has 3 aromatic rings. The molecule has 3 N–H and O–H groups in total. The van der Waals surface area contributed by atoms with Crippen molar-refractivity contribution in [3.8, 4) is 0 Å². The van der Waals surface area contributed by atoms with Crippen LogP contribution in [0.4, 0.5) is 5.69 Å². The average molecular weight is 266 g/mol. The van der Waals surface area contributed by atoms with Crippen LogP contribution >= 0.6 is 0 Å². The van der Waals surface area contributed by atoms with Crippen molar-refractivity contribution in [2.75, 3.05) is 5.73 Å². The standard InChI is InChI=1S/C15H14N4O/c16-12-3-4-17-9-11(12)8-15(20)10-1-2-13-14(7-10)19-6-5-18-13/h1-7,9,15,20H,8H2,(H2,16,17). The van der Waals surface area contributed by atoms with Crippen LogP contribution < -0.4 is 5.73 Å². The summed E-state index contributed by atoms with van der Waals surface area (Å²) in [6.45, 7) is 0. The van der Waals surface area contributed by atoms with Crippen LogP contribution in [0.3, 0.4) is 0 Å². The van der Waals surface area contributed by atoms with Crippen LogP contribution in [0, 0.1) is 0 Å². The summed E-state index contributed by atoms with van der Waals surface area (Å²) >= 11 is 0. The molecule has 3 rings (SSSR count). The number of benzene rings is 1. The minimum absolute atomic E-state index is 0.422. The molecule has 0 saturated carbocycles. The van der Waals surface area contributed by atoms with E-state index in [1.807, 2.05) is 18.2 Å². The first kappa shape index (κ1) is 12.5. The maximum Gasteiger partial charge on any atom is 0.0890 e. The molecule has 0 aliphatic carbocycles. The van der Waals surface area contributed by atoms with E-state index >= 15 is 0 Å². The van der Waals surface area contributed by atoms with E-state index in [1.54, 1.807) is 30.9 Å². The number of nitrogen functional groups attached to an aromatic ring is 1. The normalized spacial score (nSPS) is 12.4. The fourth-order valence-electron chi connectivity index (χ4n) is 2.12. The van der Waals surface area contributed by atoms with Crippen molar-refractivity contribution >= 4 is 16.7 Å². The summed E-state index contributed by atoms with van der Waals surface area (Å²) in [6.07, 6.45) is 6.38. The third kappa shape index (κ3) is 2.44. The van der Waals surface area contributed by atoms with Gasteiger partial charge in [0.05, 0.1) is 17.1 Å². The van der Waals surface area contributed by atoms with Crippen LogP contribution in [-0.4, -0.2) is 20.1 Å². The molecule has 5 heteroatoms. The molecule has 0 saturated heterocycles. The number of pyridine rings is 1. The monoisotopic (exact) mass is 266 g/mol. The Bertz CT molecular complexity index is 745. The maximum absolute atomic E-state index is 10.3. The van der Waals surface area contributed by atoms with Crippen molar-refractivity contribution in [3.05, 3.63) is 60.2 Å². The SMILES string of the molecule is Nc1ccncc1CC(O)c1ccc2nccnc2c1. The lowest BCUT2D eigenvalue weighted by molar-refractivity contribution is 0.178. The molecule has 0 spiro atoms. The summed E-state index contributed by atoms with van der Waals surface area (Å²) in [7, 11) is 0. The van der Waals surface area contributed by atoms with Crippen molar-refractivity contribution in [1.82, 2.24) is 15.0 Å². The van der Waals surface area contributed by atoms with Gasteiger partial charge in [-0.2, -0.15) is 0 Å². The Hall–Kier alpha value is -2.53. The van der Waals surface area contributed by atoms with Gasteiger partial charge in [-0.3, -0.25) is 15.0 Å². The highest BCUT2D eigenvalue weighted by atomic mass is 16.3. The van der Waals surface area contributed by atoms with Gasteiger partial charge in [0.1, 0.15) is 0 Å². The first-order valence-electron chi connectivity index (χ1n) is 6.31. The smallest absolute Gasteiger partial charge is 0.0890 e. The van der Waals surface area contributed by atoms with E-state index in [9.17, 15) is 5.11 Å². The molecule has 1 unspecified atom stereocenters. The number of aliphatic hydroxyl groups excluding tert-OH is 1. The molecule has 0 aliphatic heterocycles. The first-order valence-corrected chi connectivity index (χ1v) is 6.31. The van der Waals surface area contributed by atoms with Gasteiger partial charge in [0.15, 0.2) is 0 Å². The third-order valence-electron chi connectivity index (χ3n) is 3.23. The summed E-state index contributed by atoms with van der Waals surface area (Å²) < 4.78 is 0. The molecule has 5 nitrogen and oxygen atoms in total. The predicted octanol–water partition coefficient (Wildman–Crippen LogP) is 1.88. The molecule has 0 bridgehead atoms. The number of hydrogen-bond acceptors (Lipinski definition) is 5. The van der Waals surface area contributed by atoms with E-state index in [0.29, 0.717) is 12.1 Å². The summed E-state index contributed by atoms with van der Waals surface area (Å²) in [5.74, 6) is 0. The number of hydrogen-bond donors (Lipinski definition) is 2. The van der Waals surface area contributed by atoms with Gasteiger partial charge < -0.3 is 10.8 Å². The van der Waals surface area contributed by atoms with Gasteiger partial charge >= 0.3 is 0 Å². The lowest BCUT2D eigenvalue weighted by atomic mass is 10.0. The molecular formula is C15H14N4O. The fourth-order valence-corrected chi connectivity index (χ4v) is 2.12. The van der Waals surface area contributed by atoms with Crippen LogP contribution in [0.5, 0.6) is 0 Å². The summed E-state index contributed by atoms with van der Waals surface area (Å²) in [6, 6.07) is 7.29. The Labute approximate surface area is 116 Å². The second-order valence-electron chi connectivity index (χ2n) is 4.60. The maximum atomic E-state index is 10.3. The molecule has 1 aromatic carbocycles. The first-order chi connectivity index (χ1) is 9.74. The van der Waals surface area contributed by atoms with Gasteiger partial charge in [-0.05, 0) is 29.3 Å². The summed E-state index contributed by atoms with van der Waals surface area (Å²) in [5, 5.41) is 10.3. The molecule has 1 atom stereocenters. The van der Waals surface area contributed by atoms with E-state index in [1.165, 1.54) is 0 Å². The predicted molar refractivity (Wildman–Crippen MR) is 76.9 cm³/mol. The number of fused-ring (bicyclic) bond motifs is 1. The van der Waals surface area contributed by atoms with E-state index in [-0.39, 0.29) is 0 Å². The van der Waals surface area contributed by atoms with Crippen molar-refractivity contribution < 1.29 is 5.11 Å². The van der Waals surface area contributed by atoms with Gasteiger partial charge in [0.2, 0.25) is 0 Å². The van der Waals surface area contributed by atoms with E-state index in [2.05, 4.69) is 15.0 Å². The highest BCUT2D eigenvalue weighted by Crippen LogP contribution is 2.23. The Morgan fingerprint density at radius 3 is 2.65 bits per heavy atom. The lowest BCUT2D eigenvalue weighted by Gasteiger charge is -2.12. The molecule has 0 fully saturated rings. The van der Waals surface area contributed by atoms with Crippen LogP contribution in [0.2, 0.25) is 0 Å². The van der Waals surface area contributed by atoms with Crippen LogP contribution in [0.25, 0.3) is 11.0 Å². The van der Waals surface area contributed by atoms with Crippen molar-refractivity contribution in [3.63, 3.8) is 0 Å². The van der Waals surface area contributed by atoms with E-state index in [0.717, 1.165) is 22.2 Å². The number of nitrogens with zero attached hydrogens (tertiary/aromatic N) is 3. The molecule has 2 aromatic heterocycles. The van der Waals surface area contributed by atoms with Gasteiger partial charge in [0.25, 0.3) is 0 Å². The van der Waals surface area contributed by atoms with Crippen molar-refractivity contribution in [2.24, 2.45) is 0 Å². The third-order valence-corrected chi connectivity index (χ3v) is 3.23. The molecule has 20 heavy (non-hydrogen) atoms. The van der Waals surface area contributed by atoms with Gasteiger partial charge in [-0.25, -0.2) is 0 Å². The minimum Gasteiger partial charge on any atom is -0.398 e. The van der Waals surface area contributed by atoms with Gasteiger partial charge in [0, 0.05) is 36.9 Å². The highest BCUT2D eigenvalue weighted by Gasteiger charge is 2.11. The minimum atomic E-state index is -0.645. The summed E-state index contributed by atoms with van der Waals surface area (Å²) in [5.41, 5.74) is 9.70. The largest absolute Gasteiger partial charge is 0.398 e. The van der Waals surface area contributed by atoms with Gasteiger partial charge in [-0.15, -0.1) is 0 Å². The molecule has 2 heterocycles. The second kappa shape index (κ2) is 5.22. The quantitative estimate of drug-likeness (QED) is 0.756. The van der Waals surface area contributed by atoms with Gasteiger partial charge in [-0.1, -0.05) is 6.07 Å². The lowest BCUT2D eigenvalue weighted by Crippen LogP contribution is -2.05. The number of nitrogens with two attached hydrogens (primary N) is 1. The number of aromatic nitrogens is 3. The number of rotatable bonds is 3.